The normalized spacial score (nSPS) is 14.9. The summed E-state index contributed by atoms with van der Waals surface area (Å²) in [6, 6.07) is 4.46. The summed E-state index contributed by atoms with van der Waals surface area (Å²) in [4.78, 5) is 23.3. The van der Waals surface area contributed by atoms with Crippen LogP contribution in [-0.2, 0) is 5.33 Å². The molecule has 1 heterocycles. The Bertz CT molecular complexity index is 478. The average Bonchev–Trinajstić information content (AvgIpc) is 2.74. The number of hydrogen-bond acceptors (Lipinski definition) is 3. The molecule has 1 fully saturated rings. The molecular formula is C10H10BrN3O3. The van der Waals surface area contributed by atoms with Gasteiger partial charge in [0.05, 0.1) is 10.6 Å². The lowest BCUT2D eigenvalue weighted by Crippen LogP contribution is -2.27. The number of nitro benzene ring substituents is 1. The Morgan fingerprint density at radius 2 is 2.24 bits per heavy atom. The molecule has 1 aromatic rings. The average molecular weight is 300 g/mol. The third-order valence-electron chi connectivity index (χ3n) is 2.50. The summed E-state index contributed by atoms with van der Waals surface area (Å²) in [6.45, 7) is 1.09. The van der Waals surface area contributed by atoms with Gasteiger partial charge in [0.15, 0.2) is 0 Å². The standard InChI is InChI=1S/C10H10BrN3O3/c11-6-7-3-8(5-9(4-7)14(16)17)13-2-1-12-10(13)15/h3-5H,1-2,6H2,(H,12,15). The second-order valence-electron chi connectivity index (χ2n) is 3.63. The minimum Gasteiger partial charge on any atom is -0.336 e. The topological polar surface area (TPSA) is 75.5 Å². The highest BCUT2D eigenvalue weighted by molar-refractivity contribution is 9.08. The zero-order valence-corrected chi connectivity index (χ0v) is 10.4. The molecule has 0 atom stereocenters. The number of rotatable bonds is 3. The molecule has 0 radical (unpaired) electrons. The van der Waals surface area contributed by atoms with E-state index in [2.05, 4.69) is 21.2 Å². The van der Waals surface area contributed by atoms with E-state index in [9.17, 15) is 14.9 Å². The van der Waals surface area contributed by atoms with Gasteiger partial charge in [0, 0.05) is 30.6 Å². The highest BCUT2D eigenvalue weighted by Crippen LogP contribution is 2.26. The minimum atomic E-state index is -0.455. The van der Waals surface area contributed by atoms with E-state index >= 15 is 0 Å². The van der Waals surface area contributed by atoms with E-state index in [0.29, 0.717) is 24.1 Å². The van der Waals surface area contributed by atoms with E-state index in [1.54, 1.807) is 6.07 Å². The lowest BCUT2D eigenvalue weighted by atomic mass is 10.2. The van der Waals surface area contributed by atoms with Crippen LogP contribution >= 0.6 is 15.9 Å². The molecule has 0 bridgehead atoms. The molecular weight excluding hydrogens is 290 g/mol. The van der Waals surface area contributed by atoms with Crippen molar-refractivity contribution in [1.29, 1.82) is 0 Å². The number of halogens is 1. The molecule has 0 unspecified atom stereocenters. The number of urea groups is 1. The number of hydrogen-bond donors (Lipinski definition) is 1. The first-order valence-electron chi connectivity index (χ1n) is 5.01. The van der Waals surface area contributed by atoms with Crippen LogP contribution in [0.25, 0.3) is 0 Å². The fraction of sp³-hybridized carbons (Fsp3) is 0.300. The summed E-state index contributed by atoms with van der Waals surface area (Å²) in [5.41, 5.74) is 1.33. The van der Waals surface area contributed by atoms with Crippen LogP contribution in [0, 0.1) is 10.1 Å². The summed E-state index contributed by atoms with van der Waals surface area (Å²) >= 11 is 3.26. The van der Waals surface area contributed by atoms with E-state index in [4.69, 9.17) is 0 Å². The molecule has 90 valence electrons. The maximum Gasteiger partial charge on any atom is 0.322 e. The summed E-state index contributed by atoms with van der Waals surface area (Å²) in [6.07, 6.45) is 0. The molecule has 2 amide bonds. The Labute approximate surface area is 106 Å². The minimum absolute atomic E-state index is 0.00310. The maximum absolute atomic E-state index is 11.5. The van der Waals surface area contributed by atoms with Crippen molar-refractivity contribution in [2.75, 3.05) is 18.0 Å². The van der Waals surface area contributed by atoms with Gasteiger partial charge in [-0.2, -0.15) is 0 Å². The van der Waals surface area contributed by atoms with Gasteiger partial charge in [0.2, 0.25) is 0 Å². The van der Waals surface area contributed by atoms with Crippen LogP contribution in [0.5, 0.6) is 0 Å². The Morgan fingerprint density at radius 1 is 1.47 bits per heavy atom. The quantitative estimate of drug-likeness (QED) is 0.527. The number of nitrogens with zero attached hydrogens (tertiary/aromatic N) is 2. The molecule has 1 saturated heterocycles. The van der Waals surface area contributed by atoms with Crippen LogP contribution in [0.2, 0.25) is 0 Å². The number of anilines is 1. The zero-order valence-electron chi connectivity index (χ0n) is 8.85. The second-order valence-corrected chi connectivity index (χ2v) is 4.19. The molecule has 2 rings (SSSR count). The summed E-state index contributed by atoms with van der Waals surface area (Å²) in [7, 11) is 0. The van der Waals surface area contributed by atoms with Crippen molar-refractivity contribution >= 4 is 33.3 Å². The molecule has 0 aromatic heterocycles. The number of alkyl halides is 1. The number of carbonyl (C=O) groups excluding carboxylic acids is 1. The predicted octanol–water partition coefficient (Wildman–Crippen LogP) is 2.02. The van der Waals surface area contributed by atoms with E-state index < -0.39 is 4.92 Å². The van der Waals surface area contributed by atoms with Gasteiger partial charge in [0.1, 0.15) is 0 Å². The molecule has 1 aliphatic heterocycles. The smallest absolute Gasteiger partial charge is 0.322 e. The van der Waals surface area contributed by atoms with Gasteiger partial charge in [-0.3, -0.25) is 15.0 Å². The van der Waals surface area contributed by atoms with Crippen molar-refractivity contribution in [1.82, 2.24) is 5.32 Å². The number of amides is 2. The first-order valence-corrected chi connectivity index (χ1v) is 6.13. The zero-order chi connectivity index (χ0) is 12.4. The molecule has 1 aromatic carbocycles. The summed E-state index contributed by atoms with van der Waals surface area (Å²) in [5.74, 6) is 0. The molecule has 0 spiro atoms. The van der Waals surface area contributed by atoms with Crippen LogP contribution in [0.4, 0.5) is 16.2 Å². The van der Waals surface area contributed by atoms with Gasteiger partial charge in [-0.05, 0) is 11.6 Å². The van der Waals surface area contributed by atoms with E-state index in [1.807, 2.05) is 0 Å². The van der Waals surface area contributed by atoms with Crippen LogP contribution in [0.3, 0.4) is 0 Å². The molecule has 0 saturated carbocycles. The number of carbonyl (C=O) groups is 1. The van der Waals surface area contributed by atoms with Gasteiger partial charge < -0.3 is 5.32 Å². The van der Waals surface area contributed by atoms with E-state index in [0.717, 1.165) is 5.56 Å². The molecule has 6 nitrogen and oxygen atoms in total. The third kappa shape index (κ3) is 2.38. The molecule has 1 aliphatic rings. The van der Waals surface area contributed by atoms with Crippen molar-refractivity contribution in [3.05, 3.63) is 33.9 Å². The summed E-state index contributed by atoms with van der Waals surface area (Å²) < 4.78 is 0. The number of nitrogens with one attached hydrogen (secondary N) is 1. The van der Waals surface area contributed by atoms with Gasteiger partial charge in [-0.15, -0.1) is 0 Å². The van der Waals surface area contributed by atoms with Crippen molar-refractivity contribution in [2.24, 2.45) is 0 Å². The molecule has 17 heavy (non-hydrogen) atoms. The molecule has 7 heteroatoms. The fourth-order valence-corrected chi connectivity index (χ4v) is 2.04. The Kier molecular flexibility index (Phi) is 3.28. The third-order valence-corrected chi connectivity index (χ3v) is 3.14. The largest absolute Gasteiger partial charge is 0.336 e. The number of non-ortho nitro benzene ring substituents is 1. The molecule has 1 N–H and O–H groups in total. The molecule has 0 aliphatic carbocycles. The van der Waals surface area contributed by atoms with Crippen molar-refractivity contribution in [3.63, 3.8) is 0 Å². The Morgan fingerprint density at radius 3 is 2.76 bits per heavy atom. The van der Waals surface area contributed by atoms with Crippen molar-refractivity contribution in [3.8, 4) is 0 Å². The van der Waals surface area contributed by atoms with Crippen LogP contribution in [0.15, 0.2) is 18.2 Å². The van der Waals surface area contributed by atoms with Crippen LogP contribution in [0.1, 0.15) is 5.56 Å². The lowest BCUT2D eigenvalue weighted by molar-refractivity contribution is -0.384. The number of benzene rings is 1. The summed E-state index contributed by atoms with van der Waals surface area (Å²) in [5, 5.41) is 14.0. The van der Waals surface area contributed by atoms with Gasteiger partial charge >= 0.3 is 6.03 Å². The van der Waals surface area contributed by atoms with Gasteiger partial charge in [0.25, 0.3) is 5.69 Å². The van der Waals surface area contributed by atoms with Crippen LogP contribution < -0.4 is 10.2 Å². The van der Waals surface area contributed by atoms with Crippen molar-refractivity contribution < 1.29 is 9.72 Å². The number of nitro groups is 1. The van der Waals surface area contributed by atoms with E-state index in [1.165, 1.54) is 17.0 Å². The first-order chi connectivity index (χ1) is 8.11. The van der Waals surface area contributed by atoms with Gasteiger partial charge in [-0.1, -0.05) is 15.9 Å². The lowest BCUT2D eigenvalue weighted by Gasteiger charge is -2.14. The Hall–Kier alpha value is -1.63. The Balaban J connectivity index is 2.42. The highest BCUT2D eigenvalue weighted by atomic mass is 79.9. The van der Waals surface area contributed by atoms with Gasteiger partial charge in [-0.25, -0.2) is 4.79 Å². The van der Waals surface area contributed by atoms with E-state index in [-0.39, 0.29) is 11.7 Å². The predicted molar refractivity (Wildman–Crippen MR) is 66.5 cm³/mol. The highest BCUT2D eigenvalue weighted by Gasteiger charge is 2.23. The van der Waals surface area contributed by atoms with Crippen LogP contribution in [-0.4, -0.2) is 24.0 Å². The maximum atomic E-state index is 11.5. The fourth-order valence-electron chi connectivity index (χ4n) is 1.71. The first kappa shape index (κ1) is 11.8. The second kappa shape index (κ2) is 4.70. The van der Waals surface area contributed by atoms with Crippen molar-refractivity contribution in [2.45, 2.75) is 5.33 Å². The SMILES string of the molecule is O=C1NCCN1c1cc(CBr)cc([N+](=O)[O-])c1. The monoisotopic (exact) mass is 299 g/mol.